The first-order valence-electron chi connectivity index (χ1n) is 5.10. The number of aliphatic carboxylic acids is 1. The molecule has 0 bridgehead atoms. The fourth-order valence-corrected chi connectivity index (χ4v) is 1.86. The average Bonchev–Trinajstić information content (AvgIpc) is 2.74. The van der Waals surface area contributed by atoms with Crippen LogP contribution in [0.4, 0.5) is 0 Å². The molecule has 0 aliphatic heterocycles. The van der Waals surface area contributed by atoms with E-state index in [-0.39, 0.29) is 6.42 Å². The van der Waals surface area contributed by atoms with E-state index in [4.69, 9.17) is 16.7 Å². The molecule has 0 saturated heterocycles. The van der Waals surface area contributed by atoms with Gasteiger partial charge in [0.1, 0.15) is 0 Å². The fraction of sp³-hybridized carbons (Fsp3) is 0.167. The van der Waals surface area contributed by atoms with E-state index >= 15 is 0 Å². The van der Waals surface area contributed by atoms with Gasteiger partial charge in [-0.05, 0) is 17.2 Å². The maximum absolute atomic E-state index is 10.6. The van der Waals surface area contributed by atoms with Gasteiger partial charge in [-0.25, -0.2) is 4.98 Å². The number of benzene rings is 1. The molecule has 17 heavy (non-hydrogen) atoms. The van der Waals surface area contributed by atoms with Crippen molar-refractivity contribution in [1.29, 1.82) is 0 Å². The predicted octanol–water partition coefficient (Wildman–Crippen LogP) is 2.21. The Morgan fingerprint density at radius 2 is 2.29 bits per heavy atom. The largest absolute Gasteiger partial charge is 0.481 e. The lowest BCUT2D eigenvalue weighted by molar-refractivity contribution is -0.136. The second-order valence-electron chi connectivity index (χ2n) is 3.73. The molecule has 0 atom stereocenters. The normalized spacial score (nSPS) is 10.4. The van der Waals surface area contributed by atoms with E-state index < -0.39 is 5.97 Å². The van der Waals surface area contributed by atoms with Gasteiger partial charge >= 0.3 is 5.97 Å². The van der Waals surface area contributed by atoms with E-state index in [1.165, 1.54) is 0 Å². The zero-order valence-electron chi connectivity index (χ0n) is 9.01. The minimum Gasteiger partial charge on any atom is -0.481 e. The van der Waals surface area contributed by atoms with Gasteiger partial charge in [0, 0.05) is 24.0 Å². The van der Waals surface area contributed by atoms with E-state index in [2.05, 4.69) is 4.98 Å². The second kappa shape index (κ2) is 5.01. The van der Waals surface area contributed by atoms with Crippen molar-refractivity contribution in [2.45, 2.75) is 13.0 Å². The topological polar surface area (TPSA) is 55.1 Å². The maximum atomic E-state index is 10.6. The first-order chi connectivity index (χ1) is 8.15. The summed E-state index contributed by atoms with van der Waals surface area (Å²) < 4.78 is 1.92. The van der Waals surface area contributed by atoms with Crippen LogP contribution in [-0.4, -0.2) is 20.6 Å². The van der Waals surface area contributed by atoms with Crippen molar-refractivity contribution in [3.63, 3.8) is 0 Å². The van der Waals surface area contributed by atoms with Crippen LogP contribution in [0, 0.1) is 0 Å². The SMILES string of the molecule is O=C(O)Cc1ccc(Cn2ccnc2)cc1Cl. The summed E-state index contributed by atoms with van der Waals surface area (Å²) in [5.74, 6) is -0.880. The highest BCUT2D eigenvalue weighted by atomic mass is 35.5. The Kier molecular flexibility index (Phi) is 3.44. The molecule has 0 amide bonds. The lowest BCUT2D eigenvalue weighted by atomic mass is 10.1. The minimum absolute atomic E-state index is 0.0514. The highest BCUT2D eigenvalue weighted by Crippen LogP contribution is 2.19. The number of nitrogens with zero attached hydrogens (tertiary/aromatic N) is 2. The molecule has 0 aliphatic rings. The van der Waals surface area contributed by atoms with Crippen LogP contribution in [0.3, 0.4) is 0 Å². The molecule has 1 heterocycles. The summed E-state index contributed by atoms with van der Waals surface area (Å²) in [6.45, 7) is 0.674. The molecule has 1 aromatic carbocycles. The zero-order chi connectivity index (χ0) is 12.3. The molecule has 1 N–H and O–H groups in total. The maximum Gasteiger partial charge on any atom is 0.307 e. The number of rotatable bonds is 4. The molecule has 4 nitrogen and oxygen atoms in total. The molecule has 0 fully saturated rings. The molecular weight excluding hydrogens is 240 g/mol. The van der Waals surface area contributed by atoms with Gasteiger partial charge in [0.15, 0.2) is 0 Å². The third-order valence-electron chi connectivity index (χ3n) is 2.38. The monoisotopic (exact) mass is 250 g/mol. The van der Waals surface area contributed by atoms with Crippen molar-refractivity contribution >= 4 is 17.6 Å². The number of carbonyl (C=O) groups is 1. The molecule has 0 aliphatic carbocycles. The van der Waals surface area contributed by atoms with E-state index in [0.29, 0.717) is 17.1 Å². The van der Waals surface area contributed by atoms with Crippen molar-refractivity contribution in [2.75, 3.05) is 0 Å². The predicted molar refractivity (Wildman–Crippen MR) is 64.1 cm³/mol. The van der Waals surface area contributed by atoms with Crippen LogP contribution in [0.1, 0.15) is 11.1 Å². The lowest BCUT2D eigenvalue weighted by Crippen LogP contribution is -2.02. The van der Waals surface area contributed by atoms with Gasteiger partial charge in [-0.1, -0.05) is 23.7 Å². The summed E-state index contributed by atoms with van der Waals surface area (Å²) in [6, 6.07) is 5.42. The third kappa shape index (κ3) is 3.07. The van der Waals surface area contributed by atoms with Gasteiger partial charge in [-0.2, -0.15) is 0 Å². The zero-order valence-corrected chi connectivity index (χ0v) is 9.76. The van der Waals surface area contributed by atoms with Crippen molar-refractivity contribution in [3.05, 3.63) is 53.1 Å². The molecule has 2 aromatic rings. The number of halogens is 1. The summed E-state index contributed by atoms with van der Waals surface area (Å²) >= 11 is 6.03. The molecule has 0 saturated carbocycles. The van der Waals surface area contributed by atoms with Crippen molar-refractivity contribution < 1.29 is 9.90 Å². The number of carboxylic acid groups (broad SMARTS) is 1. The summed E-state index contributed by atoms with van der Waals surface area (Å²) in [4.78, 5) is 14.5. The summed E-state index contributed by atoms with van der Waals surface area (Å²) in [5.41, 5.74) is 1.65. The van der Waals surface area contributed by atoms with E-state index in [9.17, 15) is 4.79 Å². The van der Waals surface area contributed by atoms with Crippen LogP contribution in [0.15, 0.2) is 36.9 Å². The Balaban J connectivity index is 2.16. The quantitative estimate of drug-likeness (QED) is 0.905. The Morgan fingerprint density at radius 1 is 1.47 bits per heavy atom. The molecule has 0 unspecified atom stereocenters. The highest BCUT2D eigenvalue weighted by Gasteiger charge is 2.06. The van der Waals surface area contributed by atoms with Gasteiger partial charge in [0.25, 0.3) is 0 Å². The van der Waals surface area contributed by atoms with Gasteiger partial charge in [-0.3, -0.25) is 4.79 Å². The van der Waals surface area contributed by atoms with Crippen LogP contribution >= 0.6 is 11.6 Å². The molecule has 2 rings (SSSR count). The van der Waals surface area contributed by atoms with E-state index in [1.54, 1.807) is 24.7 Å². The van der Waals surface area contributed by atoms with E-state index in [1.807, 2.05) is 16.8 Å². The number of carboxylic acids is 1. The Hall–Kier alpha value is -1.81. The second-order valence-corrected chi connectivity index (χ2v) is 4.14. The van der Waals surface area contributed by atoms with Gasteiger partial charge in [0.05, 0.1) is 12.7 Å². The first kappa shape index (κ1) is 11.7. The number of hydrogen-bond donors (Lipinski definition) is 1. The van der Waals surface area contributed by atoms with Crippen LogP contribution in [-0.2, 0) is 17.8 Å². The fourth-order valence-electron chi connectivity index (χ4n) is 1.59. The number of imidazole rings is 1. The van der Waals surface area contributed by atoms with Crippen LogP contribution < -0.4 is 0 Å². The van der Waals surface area contributed by atoms with Gasteiger partial charge in [-0.15, -0.1) is 0 Å². The first-order valence-corrected chi connectivity index (χ1v) is 5.48. The van der Waals surface area contributed by atoms with Gasteiger partial charge in [0.2, 0.25) is 0 Å². The lowest BCUT2D eigenvalue weighted by Gasteiger charge is -2.06. The highest BCUT2D eigenvalue weighted by molar-refractivity contribution is 6.31. The molecule has 0 spiro atoms. The Morgan fingerprint density at radius 3 is 2.88 bits per heavy atom. The summed E-state index contributed by atoms with van der Waals surface area (Å²) in [5, 5.41) is 9.19. The molecule has 88 valence electrons. The van der Waals surface area contributed by atoms with Gasteiger partial charge < -0.3 is 9.67 Å². The Labute approximate surface area is 103 Å². The van der Waals surface area contributed by atoms with Crippen LogP contribution in [0.25, 0.3) is 0 Å². The smallest absolute Gasteiger partial charge is 0.307 e. The summed E-state index contributed by atoms with van der Waals surface area (Å²) in [7, 11) is 0. The third-order valence-corrected chi connectivity index (χ3v) is 2.74. The average molecular weight is 251 g/mol. The molecule has 1 aromatic heterocycles. The molecule has 5 heteroatoms. The van der Waals surface area contributed by atoms with Crippen molar-refractivity contribution in [2.24, 2.45) is 0 Å². The van der Waals surface area contributed by atoms with Crippen LogP contribution in [0.2, 0.25) is 5.02 Å². The number of hydrogen-bond acceptors (Lipinski definition) is 2. The van der Waals surface area contributed by atoms with E-state index in [0.717, 1.165) is 5.56 Å². The molecule has 0 radical (unpaired) electrons. The number of aromatic nitrogens is 2. The summed E-state index contributed by atoms with van der Waals surface area (Å²) in [6.07, 6.45) is 5.24. The van der Waals surface area contributed by atoms with Crippen molar-refractivity contribution in [3.8, 4) is 0 Å². The minimum atomic E-state index is -0.880. The molecular formula is C12H11ClN2O2. The van der Waals surface area contributed by atoms with Crippen molar-refractivity contribution in [1.82, 2.24) is 9.55 Å². The Bertz CT molecular complexity index is 523. The standard InChI is InChI=1S/C12H11ClN2O2/c13-11-5-9(7-15-4-3-14-8-15)1-2-10(11)6-12(16)17/h1-5,8H,6-7H2,(H,16,17). The van der Waals surface area contributed by atoms with Crippen LogP contribution in [0.5, 0.6) is 0 Å².